The average Bonchev–Trinajstić information content (AvgIpc) is 2.50. The van der Waals surface area contributed by atoms with Gasteiger partial charge in [0.1, 0.15) is 0 Å². The van der Waals surface area contributed by atoms with Crippen molar-refractivity contribution < 1.29 is 0 Å². The molecule has 16 heavy (non-hydrogen) atoms. The van der Waals surface area contributed by atoms with Crippen molar-refractivity contribution in [1.29, 1.82) is 5.26 Å². The third kappa shape index (κ3) is 2.62. The Morgan fingerprint density at radius 1 is 1.38 bits per heavy atom. The Kier molecular flexibility index (Phi) is 3.58. The van der Waals surface area contributed by atoms with Gasteiger partial charge in [-0.05, 0) is 37.4 Å². The number of fused-ring (bicyclic) bond motifs is 1. The van der Waals surface area contributed by atoms with Crippen molar-refractivity contribution in [3.05, 3.63) is 35.4 Å². The first-order chi connectivity index (χ1) is 7.79. The van der Waals surface area contributed by atoms with E-state index < -0.39 is 0 Å². The second kappa shape index (κ2) is 5.14. The summed E-state index contributed by atoms with van der Waals surface area (Å²) in [6.45, 7) is 5.00. The molecule has 1 aromatic carbocycles. The molecule has 2 heteroatoms. The van der Waals surface area contributed by atoms with Gasteiger partial charge in [0.25, 0.3) is 0 Å². The highest BCUT2D eigenvalue weighted by molar-refractivity contribution is 5.28. The van der Waals surface area contributed by atoms with Crippen molar-refractivity contribution in [2.45, 2.75) is 26.3 Å². The number of aryl methyl sites for hydroxylation is 1. The molecule has 0 aromatic heterocycles. The molecule has 0 radical (unpaired) electrons. The second-order valence-corrected chi connectivity index (χ2v) is 4.64. The zero-order valence-corrected chi connectivity index (χ0v) is 9.82. The molecule has 1 unspecified atom stereocenters. The van der Waals surface area contributed by atoms with E-state index in [1.54, 1.807) is 0 Å². The van der Waals surface area contributed by atoms with Crippen molar-refractivity contribution in [2.24, 2.45) is 5.92 Å². The molecule has 2 nitrogen and oxygen atoms in total. The van der Waals surface area contributed by atoms with E-state index in [2.05, 4.69) is 35.2 Å². The molecule has 1 heterocycles. The number of hydrogen-bond acceptors (Lipinski definition) is 2. The van der Waals surface area contributed by atoms with E-state index in [0.29, 0.717) is 0 Å². The van der Waals surface area contributed by atoms with Crippen LogP contribution in [0.3, 0.4) is 0 Å². The van der Waals surface area contributed by atoms with Gasteiger partial charge in [0.05, 0.1) is 12.0 Å². The van der Waals surface area contributed by atoms with Crippen molar-refractivity contribution in [3.63, 3.8) is 0 Å². The first-order valence-corrected chi connectivity index (χ1v) is 5.98. The van der Waals surface area contributed by atoms with Crippen LogP contribution in [-0.2, 0) is 13.0 Å². The van der Waals surface area contributed by atoms with Crippen LogP contribution in [0, 0.1) is 17.2 Å². The van der Waals surface area contributed by atoms with Gasteiger partial charge >= 0.3 is 0 Å². The molecule has 1 aliphatic heterocycles. The summed E-state index contributed by atoms with van der Waals surface area (Å²) < 4.78 is 0. The van der Waals surface area contributed by atoms with Crippen LogP contribution in [0.15, 0.2) is 24.3 Å². The largest absolute Gasteiger partial charge is 0.298 e. The lowest BCUT2D eigenvalue weighted by Gasteiger charge is -2.21. The van der Waals surface area contributed by atoms with Gasteiger partial charge in [-0.2, -0.15) is 5.26 Å². The Bertz CT molecular complexity index is 392. The number of nitrogens with zero attached hydrogens (tertiary/aromatic N) is 2. The quantitative estimate of drug-likeness (QED) is 0.756. The molecule has 1 aliphatic rings. The average molecular weight is 214 g/mol. The molecule has 0 saturated carbocycles. The summed E-state index contributed by atoms with van der Waals surface area (Å²) in [5, 5.41) is 8.85. The van der Waals surface area contributed by atoms with Crippen LogP contribution < -0.4 is 0 Å². The Hall–Kier alpha value is -1.33. The summed E-state index contributed by atoms with van der Waals surface area (Å²) >= 11 is 0. The third-order valence-corrected chi connectivity index (χ3v) is 3.19. The Morgan fingerprint density at radius 2 is 2.12 bits per heavy atom. The van der Waals surface area contributed by atoms with Gasteiger partial charge in [-0.15, -0.1) is 0 Å². The molecule has 1 aromatic rings. The van der Waals surface area contributed by atoms with Crippen LogP contribution in [0.4, 0.5) is 0 Å². The van der Waals surface area contributed by atoms with Crippen LogP contribution >= 0.6 is 0 Å². The van der Waals surface area contributed by atoms with Crippen molar-refractivity contribution in [1.82, 2.24) is 4.90 Å². The van der Waals surface area contributed by atoms with Gasteiger partial charge in [0.15, 0.2) is 0 Å². The minimum atomic E-state index is 0.130. The van der Waals surface area contributed by atoms with E-state index in [1.165, 1.54) is 24.0 Å². The third-order valence-electron chi connectivity index (χ3n) is 3.19. The van der Waals surface area contributed by atoms with E-state index in [0.717, 1.165) is 19.6 Å². The summed E-state index contributed by atoms with van der Waals surface area (Å²) in [5.74, 6) is 0.130. The fourth-order valence-electron chi connectivity index (χ4n) is 2.35. The number of hydrogen-bond donors (Lipinski definition) is 0. The molecular formula is C14H18N2. The lowest BCUT2D eigenvalue weighted by molar-refractivity contribution is 0.251. The second-order valence-electron chi connectivity index (χ2n) is 4.64. The van der Waals surface area contributed by atoms with Gasteiger partial charge in [0.2, 0.25) is 0 Å². The number of nitriles is 1. The van der Waals surface area contributed by atoms with Crippen molar-refractivity contribution in [2.75, 3.05) is 13.1 Å². The van der Waals surface area contributed by atoms with Crippen molar-refractivity contribution >= 4 is 0 Å². The van der Waals surface area contributed by atoms with Crippen LogP contribution in [0.5, 0.6) is 0 Å². The van der Waals surface area contributed by atoms with Gasteiger partial charge in [0, 0.05) is 13.1 Å². The summed E-state index contributed by atoms with van der Waals surface area (Å²) in [4.78, 5) is 2.40. The molecule has 2 rings (SSSR count). The molecule has 0 saturated heterocycles. The number of rotatable bonds is 2. The van der Waals surface area contributed by atoms with Crippen LogP contribution in [0.1, 0.15) is 24.5 Å². The van der Waals surface area contributed by atoms with Crippen LogP contribution in [0.2, 0.25) is 0 Å². The highest BCUT2D eigenvalue weighted by atomic mass is 15.1. The maximum Gasteiger partial charge on any atom is 0.0666 e. The van der Waals surface area contributed by atoms with Gasteiger partial charge in [-0.25, -0.2) is 0 Å². The molecule has 84 valence electrons. The lowest BCUT2D eigenvalue weighted by atomic mass is 10.0. The summed E-state index contributed by atoms with van der Waals surface area (Å²) in [6.07, 6.45) is 2.38. The maximum absolute atomic E-state index is 8.85. The molecule has 0 bridgehead atoms. The minimum absolute atomic E-state index is 0.130. The monoisotopic (exact) mass is 214 g/mol. The van der Waals surface area contributed by atoms with E-state index in [1.807, 2.05) is 6.92 Å². The van der Waals surface area contributed by atoms with E-state index in [4.69, 9.17) is 5.26 Å². The normalized spacial score (nSPS) is 18.2. The molecule has 0 aliphatic carbocycles. The van der Waals surface area contributed by atoms with Crippen molar-refractivity contribution in [3.8, 4) is 6.07 Å². The number of benzene rings is 1. The summed E-state index contributed by atoms with van der Waals surface area (Å²) in [5.41, 5.74) is 2.92. The lowest BCUT2D eigenvalue weighted by Crippen LogP contribution is -2.27. The van der Waals surface area contributed by atoms with Crippen LogP contribution in [-0.4, -0.2) is 18.0 Å². The fourth-order valence-corrected chi connectivity index (χ4v) is 2.35. The van der Waals surface area contributed by atoms with Gasteiger partial charge in [-0.1, -0.05) is 24.3 Å². The zero-order valence-electron chi connectivity index (χ0n) is 9.82. The van der Waals surface area contributed by atoms with Crippen LogP contribution in [0.25, 0.3) is 0 Å². The summed E-state index contributed by atoms with van der Waals surface area (Å²) in [6, 6.07) is 11.0. The molecule has 1 atom stereocenters. The highest BCUT2D eigenvalue weighted by Gasteiger charge is 2.15. The standard InChI is InChI=1S/C14H18N2/c1-12(9-15)10-16-8-4-7-13-5-2-3-6-14(13)11-16/h2-3,5-6,12H,4,7-8,10-11H2,1H3. The highest BCUT2D eigenvalue weighted by Crippen LogP contribution is 2.18. The molecule has 0 fully saturated rings. The smallest absolute Gasteiger partial charge is 0.0666 e. The summed E-state index contributed by atoms with van der Waals surface area (Å²) in [7, 11) is 0. The first kappa shape index (κ1) is 11.2. The predicted octanol–water partition coefficient (Wildman–Crippen LogP) is 2.59. The van der Waals surface area contributed by atoms with E-state index in [9.17, 15) is 0 Å². The SMILES string of the molecule is CC(C#N)CN1CCCc2ccccc2C1. The molecule has 0 N–H and O–H groups in total. The van der Waals surface area contributed by atoms with Gasteiger partial charge < -0.3 is 0 Å². The van der Waals surface area contributed by atoms with Gasteiger partial charge in [-0.3, -0.25) is 4.90 Å². The predicted molar refractivity (Wildman–Crippen MR) is 64.8 cm³/mol. The minimum Gasteiger partial charge on any atom is -0.298 e. The Morgan fingerprint density at radius 3 is 2.88 bits per heavy atom. The Labute approximate surface area is 97.5 Å². The topological polar surface area (TPSA) is 27.0 Å². The molecular weight excluding hydrogens is 196 g/mol. The Balaban J connectivity index is 2.08. The van der Waals surface area contributed by atoms with E-state index in [-0.39, 0.29) is 5.92 Å². The fraction of sp³-hybridized carbons (Fsp3) is 0.500. The maximum atomic E-state index is 8.85. The van der Waals surface area contributed by atoms with E-state index >= 15 is 0 Å². The first-order valence-electron chi connectivity index (χ1n) is 5.98. The molecule has 0 spiro atoms. The zero-order chi connectivity index (χ0) is 11.4. The molecule has 0 amide bonds.